The summed E-state index contributed by atoms with van der Waals surface area (Å²) >= 11 is 3.32. The summed E-state index contributed by atoms with van der Waals surface area (Å²) in [5.74, 6) is 0.0701. The summed E-state index contributed by atoms with van der Waals surface area (Å²) in [5, 5.41) is 5.45. The minimum atomic E-state index is -0.259. The van der Waals surface area contributed by atoms with Gasteiger partial charge in [-0.1, -0.05) is 15.9 Å². The van der Waals surface area contributed by atoms with Crippen molar-refractivity contribution in [3.05, 3.63) is 52.5 Å². The van der Waals surface area contributed by atoms with Crippen LogP contribution in [-0.4, -0.2) is 18.9 Å². The van der Waals surface area contributed by atoms with E-state index in [2.05, 4.69) is 26.6 Å². The fraction of sp³-hybridized carbons (Fsp3) is 0.125. The molecule has 0 heterocycles. The van der Waals surface area contributed by atoms with Crippen LogP contribution in [0.3, 0.4) is 0 Å². The average molecular weight is 363 g/mol. The minimum absolute atomic E-state index is 0.185. The smallest absolute Gasteiger partial charge is 0.255 e. The first-order valence-corrected chi connectivity index (χ1v) is 7.31. The van der Waals surface area contributed by atoms with Crippen molar-refractivity contribution in [2.45, 2.75) is 6.92 Å². The summed E-state index contributed by atoms with van der Waals surface area (Å²) in [6.07, 6.45) is 0. The van der Waals surface area contributed by atoms with Crippen LogP contribution >= 0.6 is 15.9 Å². The van der Waals surface area contributed by atoms with E-state index >= 15 is 0 Å². The molecule has 0 unspecified atom stereocenters. The van der Waals surface area contributed by atoms with Crippen molar-refractivity contribution in [3.63, 3.8) is 0 Å². The van der Waals surface area contributed by atoms with Crippen LogP contribution in [0.4, 0.5) is 11.4 Å². The molecule has 6 heteroatoms. The van der Waals surface area contributed by atoms with E-state index in [0.717, 1.165) is 4.47 Å². The second-order valence-electron chi connectivity index (χ2n) is 4.56. The molecule has 0 spiro atoms. The van der Waals surface area contributed by atoms with E-state index in [0.29, 0.717) is 22.7 Å². The molecule has 0 aromatic heterocycles. The molecule has 2 aromatic rings. The zero-order valence-electron chi connectivity index (χ0n) is 12.1. The molecule has 114 valence electrons. The van der Waals surface area contributed by atoms with Crippen molar-refractivity contribution >= 4 is 39.1 Å². The molecule has 0 saturated heterocycles. The minimum Gasteiger partial charge on any atom is -0.495 e. The van der Waals surface area contributed by atoms with E-state index in [1.807, 2.05) is 0 Å². The van der Waals surface area contributed by atoms with Gasteiger partial charge in [0, 0.05) is 22.6 Å². The van der Waals surface area contributed by atoms with Crippen LogP contribution in [0, 0.1) is 0 Å². The van der Waals surface area contributed by atoms with Crippen LogP contribution < -0.4 is 15.4 Å². The summed E-state index contributed by atoms with van der Waals surface area (Å²) in [6.45, 7) is 1.42. The van der Waals surface area contributed by atoms with Crippen molar-refractivity contribution in [1.29, 1.82) is 0 Å². The Hall–Kier alpha value is -2.34. The lowest BCUT2D eigenvalue weighted by molar-refractivity contribution is -0.114. The molecule has 2 rings (SSSR count). The maximum Gasteiger partial charge on any atom is 0.255 e. The zero-order valence-corrected chi connectivity index (χ0v) is 13.7. The number of carbonyl (C=O) groups excluding carboxylic acids is 2. The predicted octanol–water partition coefficient (Wildman–Crippen LogP) is 3.67. The number of rotatable bonds is 4. The van der Waals surface area contributed by atoms with Crippen molar-refractivity contribution in [2.75, 3.05) is 17.7 Å². The highest BCUT2D eigenvalue weighted by molar-refractivity contribution is 9.10. The molecule has 0 fully saturated rings. The number of benzene rings is 2. The van der Waals surface area contributed by atoms with Crippen LogP contribution in [-0.2, 0) is 4.79 Å². The number of ether oxygens (including phenoxy) is 1. The number of amides is 2. The average Bonchev–Trinajstić information content (AvgIpc) is 2.47. The molecule has 0 saturated carbocycles. The molecule has 2 amide bonds. The SMILES string of the molecule is COc1ccc(NC(C)=O)cc1NC(=O)c1ccc(Br)cc1. The molecule has 2 N–H and O–H groups in total. The first-order valence-electron chi connectivity index (χ1n) is 6.52. The van der Waals surface area contributed by atoms with Crippen LogP contribution in [0.2, 0.25) is 0 Å². The third-order valence-corrected chi connectivity index (χ3v) is 3.40. The van der Waals surface area contributed by atoms with Crippen LogP contribution in [0.5, 0.6) is 5.75 Å². The summed E-state index contributed by atoms with van der Waals surface area (Å²) in [5.41, 5.74) is 1.59. The van der Waals surface area contributed by atoms with Crippen LogP contribution in [0.1, 0.15) is 17.3 Å². The first kappa shape index (κ1) is 16.0. The summed E-state index contributed by atoms with van der Waals surface area (Å²) in [7, 11) is 1.52. The first-order chi connectivity index (χ1) is 10.5. The van der Waals surface area contributed by atoms with Crippen LogP contribution in [0.25, 0.3) is 0 Å². The zero-order chi connectivity index (χ0) is 16.1. The Morgan fingerprint density at radius 2 is 1.73 bits per heavy atom. The third-order valence-electron chi connectivity index (χ3n) is 2.87. The molecule has 5 nitrogen and oxygen atoms in total. The Balaban J connectivity index is 2.24. The van der Waals surface area contributed by atoms with E-state index in [1.54, 1.807) is 42.5 Å². The normalized spacial score (nSPS) is 9.95. The van der Waals surface area contributed by atoms with Gasteiger partial charge >= 0.3 is 0 Å². The van der Waals surface area contributed by atoms with Crippen molar-refractivity contribution in [2.24, 2.45) is 0 Å². The van der Waals surface area contributed by atoms with Gasteiger partial charge in [-0.25, -0.2) is 0 Å². The number of hydrogen-bond donors (Lipinski definition) is 2. The van der Waals surface area contributed by atoms with Gasteiger partial charge in [0.1, 0.15) is 5.75 Å². The van der Waals surface area contributed by atoms with Gasteiger partial charge in [-0.2, -0.15) is 0 Å². The molecule has 0 aliphatic heterocycles. The molecule has 0 aliphatic carbocycles. The highest BCUT2D eigenvalue weighted by atomic mass is 79.9. The molecular formula is C16H15BrN2O3. The predicted molar refractivity (Wildman–Crippen MR) is 89.4 cm³/mol. The van der Waals surface area contributed by atoms with E-state index in [1.165, 1.54) is 14.0 Å². The number of halogens is 1. The van der Waals surface area contributed by atoms with Gasteiger partial charge in [-0.05, 0) is 42.5 Å². The Kier molecular flexibility index (Phi) is 5.16. The van der Waals surface area contributed by atoms with Gasteiger partial charge in [0.15, 0.2) is 0 Å². The molecule has 0 bridgehead atoms. The Labute approximate surface area is 136 Å². The lowest BCUT2D eigenvalue weighted by Gasteiger charge is -2.12. The van der Waals surface area contributed by atoms with Gasteiger partial charge in [-0.3, -0.25) is 9.59 Å². The van der Waals surface area contributed by atoms with Gasteiger partial charge < -0.3 is 15.4 Å². The topological polar surface area (TPSA) is 67.4 Å². The van der Waals surface area contributed by atoms with Crippen LogP contribution in [0.15, 0.2) is 46.9 Å². The Morgan fingerprint density at radius 1 is 1.05 bits per heavy atom. The van der Waals surface area contributed by atoms with E-state index < -0.39 is 0 Å². The third kappa shape index (κ3) is 4.08. The number of methoxy groups -OCH3 is 1. The summed E-state index contributed by atoms with van der Waals surface area (Å²) in [4.78, 5) is 23.4. The van der Waals surface area contributed by atoms with Crippen molar-refractivity contribution < 1.29 is 14.3 Å². The Bertz CT molecular complexity index is 699. The van der Waals surface area contributed by atoms with E-state index in [-0.39, 0.29) is 11.8 Å². The van der Waals surface area contributed by atoms with Gasteiger partial charge in [0.2, 0.25) is 5.91 Å². The maximum atomic E-state index is 12.3. The maximum absolute atomic E-state index is 12.3. The van der Waals surface area contributed by atoms with Gasteiger partial charge in [-0.15, -0.1) is 0 Å². The number of carbonyl (C=O) groups is 2. The quantitative estimate of drug-likeness (QED) is 0.871. The molecule has 2 aromatic carbocycles. The van der Waals surface area contributed by atoms with Gasteiger partial charge in [0.25, 0.3) is 5.91 Å². The van der Waals surface area contributed by atoms with Gasteiger partial charge in [0.05, 0.1) is 12.8 Å². The fourth-order valence-electron chi connectivity index (χ4n) is 1.88. The second kappa shape index (κ2) is 7.09. The molecule has 0 atom stereocenters. The number of anilines is 2. The monoisotopic (exact) mass is 362 g/mol. The molecular weight excluding hydrogens is 348 g/mol. The summed E-state index contributed by atoms with van der Waals surface area (Å²) in [6, 6.07) is 12.0. The molecule has 0 aliphatic rings. The van der Waals surface area contributed by atoms with Crippen molar-refractivity contribution in [1.82, 2.24) is 0 Å². The van der Waals surface area contributed by atoms with E-state index in [9.17, 15) is 9.59 Å². The fourth-order valence-corrected chi connectivity index (χ4v) is 2.15. The largest absolute Gasteiger partial charge is 0.495 e. The molecule has 22 heavy (non-hydrogen) atoms. The second-order valence-corrected chi connectivity index (χ2v) is 5.47. The Morgan fingerprint density at radius 3 is 2.32 bits per heavy atom. The van der Waals surface area contributed by atoms with E-state index in [4.69, 9.17) is 4.74 Å². The standard InChI is InChI=1S/C16H15BrN2O3/c1-10(20)18-13-7-8-15(22-2)14(9-13)19-16(21)11-3-5-12(17)6-4-11/h3-9H,1-2H3,(H,18,20)(H,19,21). The highest BCUT2D eigenvalue weighted by Gasteiger charge is 2.11. The highest BCUT2D eigenvalue weighted by Crippen LogP contribution is 2.28. The lowest BCUT2D eigenvalue weighted by Crippen LogP contribution is -2.13. The molecule has 0 radical (unpaired) electrons. The number of nitrogens with one attached hydrogen (secondary N) is 2. The number of hydrogen-bond acceptors (Lipinski definition) is 3. The summed E-state index contributed by atoms with van der Waals surface area (Å²) < 4.78 is 6.12. The van der Waals surface area contributed by atoms with Crippen molar-refractivity contribution in [3.8, 4) is 5.75 Å². The lowest BCUT2D eigenvalue weighted by atomic mass is 10.2.